The van der Waals surface area contributed by atoms with E-state index in [1.807, 2.05) is 31.2 Å². The van der Waals surface area contributed by atoms with E-state index in [1.165, 1.54) is 27.8 Å². The van der Waals surface area contributed by atoms with Crippen LogP contribution in [0, 0.1) is 0 Å². The fraction of sp³-hybridized carbons (Fsp3) is 0.364. The highest BCUT2D eigenvalue weighted by Crippen LogP contribution is 2.27. The molecule has 37 heavy (non-hydrogen) atoms. The highest BCUT2D eigenvalue weighted by Gasteiger charge is 2.20. The molecular weight excluding hydrogens is 460 g/mol. The molecule has 4 nitrogen and oxygen atoms in total. The Morgan fingerprint density at radius 2 is 1.43 bits per heavy atom. The van der Waals surface area contributed by atoms with Gasteiger partial charge < -0.3 is 14.2 Å². The second kappa shape index (κ2) is 13.3. The molecule has 0 radical (unpaired) electrons. The Balaban J connectivity index is 1.55. The molecule has 0 amide bonds. The first-order valence-electron chi connectivity index (χ1n) is 13.1. The molecule has 0 bridgehead atoms. The molecule has 0 unspecified atom stereocenters. The molecular formula is C33H40O4. The maximum atomic E-state index is 12.1. The molecule has 196 valence electrons. The highest BCUT2D eigenvalue weighted by molar-refractivity contribution is 5.75. The van der Waals surface area contributed by atoms with Crippen LogP contribution in [0.15, 0.2) is 78.9 Å². The van der Waals surface area contributed by atoms with Crippen LogP contribution in [-0.4, -0.2) is 31.9 Å². The lowest BCUT2D eigenvalue weighted by molar-refractivity contribution is -0.156. The average Bonchev–Trinajstić information content (AvgIpc) is 2.89. The Hall–Kier alpha value is -3.37. The Bertz CT molecular complexity index is 1150. The van der Waals surface area contributed by atoms with Crippen molar-refractivity contribution in [1.82, 2.24) is 0 Å². The first-order valence-corrected chi connectivity index (χ1v) is 13.1. The zero-order valence-corrected chi connectivity index (χ0v) is 23.0. The highest BCUT2D eigenvalue weighted by atomic mass is 16.6. The van der Waals surface area contributed by atoms with Crippen molar-refractivity contribution in [3.05, 3.63) is 95.6 Å². The molecule has 0 saturated carbocycles. The minimum Gasteiger partial charge on any atom is -0.490 e. The number of esters is 1. The summed E-state index contributed by atoms with van der Waals surface area (Å²) in [5.74, 6) is 0.461. The van der Waals surface area contributed by atoms with E-state index in [9.17, 15) is 4.79 Å². The van der Waals surface area contributed by atoms with Gasteiger partial charge in [-0.3, -0.25) is 0 Å². The minimum absolute atomic E-state index is 0.158. The first-order chi connectivity index (χ1) is 17.7. The maximum Gasteiger partial charge on any atom is 0.335 e. The number of carbonyl (C=O) groups excluding carboxylic acids is 1. The fourth-order valence-electron chi connectivity index (χ4n) is 4.05. The summed E-state index contributed by atoms with van der Waals surface area (Å²) in [4.78, 5) is 12.1. The number of carbonyl (C=O) groups is 1. The summed E-state index contributed by atoms with van der Waals surface area (Å²) in [6.07, 6.45) is 1.98. The lowest BCUT2D eigenvalue weighted by atomic mass is 9.86. The molecule has 0 saturated heterocycles. The lowest BCUT2D eigenvalue weighted by Gasteiger charge is -2.19. The van der Waals surface area contributed by atoms with Gasteiger partial charge in [0.1, 0.15) is 12.4 Å². The van der Waals surface area contributed by atoms with E-state index in [0.29, 0.717) is 26.2 Å². The number of allylic oxidation sites excluding steroid dienone is 1. The molecule has 0 aliphatic heterocycles. The maximum absolute atomic E-state index is 12.1. The second-order valence-electron chi connectivity index (χ2n) is 10.1. The van der Waals surface area contributed by atoms with E-state index in [4.69, 9.17) is 14.2 Å². The van der Waals surface area contributed by atoms with Crippen LogP contribution in [0.1, 0.15) is 58.2 Å². The van der Waals surface area contributed by atoms with E-state index in [0.717, 1.165) is 11.3 Å². The molecule has 0 fully saturated rings. The van der Waals surface area contributed by atoms with Crippen molar-refractivity contribution in [3.63, 3.8) is 0 Å². The Morgan fingerprint density at radius 3 is 1.97 bits per heavy atom. The van der Waals surface area contributed by atoms with Gasteiger partial charge in [-0.15, -0.1) is 0 Å². The van der Waals surface area contributed by atoms with E-state index >= 15 is 0 Å². The van der Waals surface area contributed by atoms with Crippen LogP contribution in [0.2, 0.25) is 0 Å². The van der Waals surface area contributed by atoms with Gasteiger partial charge >= 0.3 is 5.97 Å². The van der Waals surface area contributed by atoms with Crippen molar-refractivity contribution in [1.29, 1.82) is 0 Å². The first kappa shape index (κ1) is 28.2. The van der Waals surface area contributed by atoms with Crippen LogP contribution in [0.25, 0.3) is 16.7 Å². The zero-order chi connectivity index (χ0) is 26.8. The average molecular weight is 501 g/mol. The lowest BCUT2D eigenvalue weighted by Crippen LogP contribution is -2.28. The quantitative estimate of drug-likeness (QED) is 0.254. The van der Waals surface area contributed by atoms with Gasteiger partial charge in [0, 0.05) is 13.0 Å². The van der Waals surface area contributed by atoms with Gasteiger partial charge in [-0.25, -0.2) is 4.79 Å². The third-order valence-electron chi connectivity index (χ3n) is 6.33. The van der Waals surface area contributed by atoms with Crippen LogP contribution in [-0.2, 0) is 26.1 Å². The van der Waals surface area contributed by atoms with Crippen molar-refractivity contribution in [2.45, 2.75) is 59.5 Å². The van der Waals surface area contributed by atoms with Gasteiger partial charge in [-0.1, -0.05) is 81.4 Å². The predicted molar refractivity (Wildman–Crippen MR) is 152 cm³/mol. The summed E-state index contributed by atoms with van der Waals surface area (Å²) >= 11 is 0. The summed E-state index contributed by atoms with van der Waals surface area (Å²) in [5.41, 5.74) is 7.28. The van der Waals surface area contributed by atoms with E-state index < -0.39 is 6.10 Å². The van der Waals surface area contributed by atoms with Crippen molar-refractivity contribution < 1.29 is 19.0 Å². The number of ether oxygens (including phenoxy) is 3. The summed E-state index contributed by atoms with van der Waals surface area (Å²) in [6.45, 7) is 13.8. The van der Waals surface area contributed by atoms with E-state index in [-0.39, 0.29) is 11.4 Å². The molecule has 0 spiro atoms. The number of hydrogen-bond donors (Lipinski definition) is 0. The third-order valence-corrected chi connectivity index (χ3v) is 6.33. The van der Waals surface area contributed by atoms with Crippen LogP contribution < -0.4 is 4.74 Å². The molecule has 0 heterocycles. The van der Waals surface area contributed by atoms with Crippen molar-refractivity contribution >= 4 is 11.5 Å². The largest absolute Gasteiger partial charge is 0.490 e. The Morgan fingerprint density at radius 1 is 0.838 bits per heavy atom. The summed E-state index contributed by atoms with van der Waals surface area (Å²) in [7, 11) is 0. The summed E-state index contributed by atoms with van der Waals surface area (Å²) in [6, 6.07) is 25.3. The van der Waals surface area contributed by atoms with Gasteiger partial charge in [-0.2, -0.15) is 0 Å². The van der Waals surface area contributed by atoms with Crippen LogP contribution in [0.5, 0.6) is 5.75 Å². The van der Waals surface area contributed by atoms with Gasteiger partial charge in [-0.05, 0) is 77.8 Å². The summed E-state index contributed by atoms with van der Waals surface area (Å²) < 4.78 is 16.6. The van der Waals surface area contributed by atoms with E-state index in [2.05, 4.69) is 82.3 Å². The Kier molecular flexibility index (Phi) is 10.1. The Labute approximate surface area is 222 Å². The fourth-order valence-corrected chi connectivity index (χ4v) is 4.05. The summed E-state index contributed by atoms with van der Waals surface area (Å²) in [5, 5.41) is 0. The smallest absolute Gasteiger partial charge is 0.335 e. The topological polar surface area (TPSA) is 44.8 Å². The second-order valence-corrected chi connectivity index (χ2v) is 10.1. The van der Waals surface area contributed by atoms with Gasteiger partial charge in [0.15, 0.2) is 6.10 Å². The molecule has 3 rings (SSSR count). The van der Waals surface area contributed by atoms with Gasteiger partial charge in [0.05, 0.1) is 6.61 Å². The van der Waals surface area contributed by atoms with Crippen molar-refractivity contribution in [3.8, 4) is 16.9 Å². The SMILES string of the molecule is CCOC(=O)[C@H](Cc1ccc(OC/C=C(\C)c2ccc(-c3ccc(C(C)(C)C)cc3)cc2)cc1)OCC. The number of rotatable bonds is 11. The standard InChI is InChI=1S/C33H40O4/c1-7-35-31(32(34)36-8-2)23-25-9-19-30(20-10-25)37-22-21-24(3)26-11-13-27(14-12-26)28-15-17-29(18-16-28)33(4,5)6/h9-21,31H,7-8,22-23H2,1-6H3/b24-21+/t31-/m0/s1. The molecule has 3 aromatic rings. The zero-order valence-electron chi connectivity index (χ0n) is 23.0. The number of hydrogen-bond acceptors (Lipinski definition) is 4. The molecule has 1 atom stereocenters. The van der Waals surface area contributed by atoms with Gasteiger partial charge in [0.2, 0.25) is 0 Å². The van der Waals surface area contributed by atoms with E-state index in [1.54, 1.807) is 6.92 Å². The third kappa shape index (κ3) is 8.33. The monoisotopic (exact) mass is 500 g/mol. The van der Waals surface area contributed by atoms with Gasteiger partial charge in [0.25, 0.3) is 0 Å². The minimum atomic E-state index is -0.587. The molecule has 0 aromatic heterocycles. The molecule has 0 aliphatic rings. The van der Waals surface area contributed by atoms with Crippen molar-refractivity contribution in [2.75, 3.05) is 19.8 Å². The normalized spacial score (nSPS) is 12.8. The van der Waals surface area contributed by atoms with Crippen LogP contribution >= 0.6 is 0 Å². The molecule has 4 heteroatoms. The van der Waals surface area contributed by atoms with Crippen LogP contribution in [0.4, 0.5) is 0 Å². The number of benzene rings is 3. The van der Waals surface area contributed by atoms with Crippen molar-refractivity contribution in [2.24, 2.45) is 0 Å². The van der Waals surface area contributed by atoms with Crippen LogP contribution in [0.3, 0.4) is 0 Å². The molecule has 3 aromatic carbocycles. The predicted octanol–water partition coefficient (Wildman–Crippen LogP) is 7.64. The molecule has 0 aliphatic carbocycles. The molecule has 0 N–H and O–H groups in total.